The van der Waals surface area contributed by atoms with Crippen molar-refractivity contribution < 1.29 is 42.2 Å². The highest BCUT2D eigenvalue weighted by atomic mass is 31.3. The van der Waals surface area contributed by atoms with Gasteiger partial charge in [-0.3, -0.25) is 4.89 Å². The molecule has 5 N–H and O–H groups in total. The lowest BCUT2D eigenvalue weighted by atomic mass is 10.3. The summed E-state index contributed by atoms with van der Waals surface area (Å²) in [5, 5.41) is -1.29. The molecule has 0 bridgehead atoms. The summed E-state index contributed by atoms with van der Waals surface area (Å²) in [7, 11) is -14.8. The molecule has 0 fully saturated rings. The van der Waals surface area contributed by atoms with Crippen LogP contribution in [0.4, 0.5) is 0 Å². The van der Waals surface area contributed by atoms with Crippen molar-refractivity contribution >= 4 is 23.6 Å². The largest absolute Gasteiger partial charge is 0.519 e. The van der Waals surface area contributed by atoms with Gasteiger partial charge in [-0.1, -0.05) is 4.31 Å². The summed E-state index contributed by atoms with van der Waals surface area (Å²) < 4.78 is 28.7. The highest BCUT2D eigenvalue weighted by molar-refractivity contribution is 7.71. The first kappa shape index (κ1) is 16.6. The average Bonchev–Trinajstić information content (AvgIpc) is 1.72. The quantitative estimate of drug-likeness (QED) is 0.473. The van der Waals surface area contributed by atoms with Crippen molar-refractivity contribution in [2.45, 2.75) is 25.9 Å². The fourth-order valence-electron chi connectivity index (χ4n) is 0.416. The van der Waals surface area contributed by atoms with Gasteiger partial charge >= 0.3 is 23.6 Å². The molecule has 0 aliphatic carbocycles. The monoisotopic (exact) mass is 299 g/mol. The Bertz CT molecular complexity index is 337. The Kier molecular flexibility index (Phi) is 4.88. The molecule has 0 aliphatic heterocycles. The molecule has 12 heteroatoms. The molecule has 0 aromatic heterocycles. The average molecular weight is 299 g/mol. The van der Waals surface area contributed by atoms with Gasteiger partial charge in [0.15, 0.2) is 5.16 Å². The van der Waals surface area contributed by atoms with Crippen LogP contribution in [-0.2, 0) is 17.8 Å². The van der Waals surface area contributed by atoms with E-state index in [1.807, 2.05) is 0 Å². The van der Waals surface area contributed by atoms with Crippen molar-refractivity contribution in [3.63, 3.8) is 0 Å². The van der Waals surface area contributed by atoms with Crippen molar-refractivity contribution in [3.8, 4) is 0 Å². The van der Waals surface area contributed by atoms with Crippen LogP contribution in [0, 0.1) is 0 Å². The Labute approximate surface area is 92.5 Å². The maximum Gasteiger partial charge on any atom is 0.519 e. The summed E-state index contributed by atoms with van der Waals surface area (Å²) in [6.07, 6.45) is 0. The second-order valence-corrected chi connectivity index (χ2v) is 9.49. The summed E-state index contributed by atoms with van der Waals surface area (Å²) in [5.74, 6) is 0. The second kappa shape index (κ2) is 4.71. The SMILES string of the molecule is CC(C)(C)[P+](O)(O)OP(=O)(O)OP(=O)(O)O. The highest BCUT2D eigenvalue weighted by Gasteiger charge is 2.57. The zero-order chi connectivity index (χ0) is 13.4. The number of hydrogen-bond donors (Lipinski definition) is 5. The Morgan fingerprint density at radius 2 is 1.44 bits per heavy atom. The minimum absolute atomic E-state index is 1.29. The van der Waals surface area contributed by atoms with Crippen LogP contribution < -0.4 is 0 Å². The molecule has 9 nitrogen and oxygen atoms in total. The minimum atomic E-state index is -5.27. The van der Waals surface area contributed by atoms with E-state index in [1.165, 1.54) is 20.8 Å². The van der Waals surface area contributed by atoms with E-state index in [-0.39, 0.29) is 0 Å². The molecule has 1 atom stereocenters. The molecule has 0 heterocycles. The molecule has 98 valence electrons. The molecule has 16 heavy (non-hydrogen) atoms. The Morgan fingerprint density at radius 3 is 1.69 bits per heavy atom. The first-order valence-electron chi connectivity index (χ1n) is 3.82. The van der Waals surface area contributed by atoms with Gasteiger partial charge in [-0.15, -0.1) is 0 Å². The molecule has 0 saturated heterocycles. The van der Waals surface area contributed by atoms with E-state index >= 15 is 0 Å². The molecule has 0 aromatic rings. The zero-order valence-electron chi connectivity index (χ0n) is 8.71. The second-order valence-electron chi connectivity index (χ2n) is 3.84. The standard InChI is InChI=1S/C4H13O9P3/c1-4(2,3)14(5,6)12-16(10,11)13-15(7,8)9/h5-6H,1-3H3,(H2-,7,8,9,10,11)/p+1. The topological polar surface area (TPSA) is 154 Å². The van der Waals surface area contributed by atoms with Crippen molar-refractivity contribution in [3.05, 3.63) is 0 Å². The summed E-state index contributed by atoms with van der Waals surface area (Å²) in [5.41, 5.74) is 0. The Balaban J connectivity index is 4.86. The van der Waals surface area contributed by atoms with Gasteiger partial charge in [-0.2, -0.15) is 14.1 Å². The maximum atomic E-state index is 11.0. The van der Waals surface area contributed by atoms with Crippen LogP contribution in [0.2, 0.25) is 0 Å². The molecular weight excluding hydrogens is 285 g/mol. The van der Waals surface area contributed by atoms with Gasteiger partial charge in [0.05, 0.1) is 0 Å². The van der Waals surface area contributed by atoms with Crippen LogP contribution in [0.25, 0.3) is 0 Å². The van der Waals surface area contributed by atoms with Gasteiger partial charge in [0.2, 0.25) is 0 Å². The van der Waals surface area contributed by atoms with E-state index in [9.17, 15) is 18.9 Å². The number of phosphoric acid groups is 2. The highest BCUT2D eigenvalue weighted by Crippen LogP contribution is 2.74. The lowest BCUT2D eigenvalue weighted by Gasteiger charge is -2.24. The Morgan fingerprint density at radius 1 is 1.06 bits per heavy atom. The van der Waals surface area contributed by atoms with E-state index in [4.69, 9.17) is 14.7 Å². The predicted molar refractivity (Wildman–Crippen MR) is 55.2 cm³/mol. The van der Waals surface area contributed by atoms with E-state index < -0.39 is 28.7 Å². The molecule has 0 amide bonds. The van der Waals surface area contributed by atoms with Crippen molar-refractivity contribution in [1.82, 2.24) is 0 Å². The van der Waals surface area contributed by atoms with Crippen LogP contribution in [0.3, 0.4) is 0 Å². The predicted octanol–water partition coefficient (Wildman–Crippen LogP) is 0.758. The van der Waals surface area contributed by atoms with Crippen LogP contribution in [0.15, 0.2) is 0 Å². The van der Waals surface area contributed by atoms with Crippen LogP contribution in [-0.4, -0.2) is 29.6 Å². The molecule has 0 aromatic carbocycles. The lowest BCUT2D eigenvalue weighted by Crippen LogP contribution is -2.21. The molecule has 0 radical (unpaired) electrons. The van der Waals surface area contributed by atoms with E-state index in [0.29, 0.717) is 0 Å². The summed E-state index contributed by atoms with van der Waals surface area (Å²) in [6, 6.07) is 0. The number of rotatable bonds is 4. The van der Waals surface area contributed by atoms with Gasteiger partial charge in [0, 0.05) is 0 Å². The van der Waals surface area contributed by atoms with Gasteiger partial charge in [0.1, 0.15) is 0 Å². The number of hydrogen-bond acceptors (Lipinski definition) is 6. The van der Waals surface area contributed by atoms with Gasteiger partial charge in [-0.25, -0.2) is 9.13 Å². The third-order valence-electron chi connectivity index (χ3n) is 1.30. The minimum Gasteiger partial charge on any atom is -0.302 e. The van der Waals surface area contributed by atoms with E-state index in [1.54, 1.807) is 0 Å². The van der Waals surface area contributed by atoms with E-state index in [2.05, 4.69) is 8.62 Å². The fraction of sp³-hybridized carbons (Fsp3) is 1.00. The van der Waals surface area contributed by atoms with Gasteiger partial charge in [-0.05, 0) is 20.8 Å². The Hall–Kier alpha value is 0.610. The first-order valence-corrected chi connectivity index (χ1v) is 8.46. The van der Waals surface area contributed by atoms with Crippen LogP contribution in [0.5, 0.6) is 0 Å². The van der Waals surface area contributed by atoms with Crippen molar-refractivity contribution in [2.75, 3.05) is 0 Å². The van der Waals surface area contributed by atoms with Crippen LogP contribution >= 0.6 is 23.6 Å². The third-order valence-corrected chi connectivity index (χ3v) is 6.46. The summed E-state index contributed by atoms with van der Waals surface area (Å²) in [4.78, 5) is 44.2. The maximum absolute atomic E-state index is 11.0. The third kappa shape index (κ3) is 5.80. The normalized spacial score (nSPS) is 18.2. The smallest absolute Gasteiger partial charge is 0.302 e. The van der Waals surface area contributed by atoms with Crippen molar-refractivity contribution in [2.24, 2.45) is 0 Å². The molecule has 0 aliphatic rings. The zero-order valence-corrected chi connectivity index (χ0v) is 11.4. The van der Waals surface area contributed by atoms with E-state index in [0.717, 1.165) is 0 Å². The molecular formula is C4H14O9P3+. The van der Waals surface area contributed by atoms with Gasteiger partial charge in [0.25, 0.3) is 0 Å². The lowest BCUT2D eigenvalue weighted by molar-refractivity contribution is 0.208. The van der Waals surface area contributed by atoms with Gasteiger partial charge < -0.3 is 9.79 Å². The molecule has 0 spiro atoms. The first-order chi connectivity index (χ1) is 6.66. The van der Waals surface area contributed by atoms with Crippen LogP contribution in [0.1, 0.15) is 20.8 Å². The molecule has 0 rings (SSSR count). The van der Waals surface area contributed by atoms with Crippen molar-refractivity contribution in [1.29, 1.82) is 0 Å². The molecule has 1 unspecified atom stereocenters. The fourth-order valence-corrected chi connectivity index (χ4v) is 4.01. The molecule has 0 saturated carbocycles. The summed E-state index contributed by atoms with van der Waals surface area (Å²) in [6.45, 7) is 3.91. The summed E-state index contributed by atoms with van der Waals surface area (Å²) >= 11 is 0.